The van der Waals surface area contributed by atoms with Crippen LogP contribution in [0.4, 0.5) is 0 Å². The first-order valence-electron chi connectivity index (χ1n) is 9.70. The van der Waals surface area contributed by atoms with Gasteiger partial charge in [0.15, 0.2) is 0 Å². The van der Waals surface area contributed by atoms with E-state index in [2.05, 4.69) is 12.2 Å². The highest BCUT2D eigenvalue weighted by Gasteiger charge is 2.31. The van der Waals surface area contributed by atoms with Gasteiger partial charge in [0, 0.05) is 25.7 Å². The molecule has 5 heteroatoms. The van der Waals surface area contributed by atoms with Crippen LogP contribution in [0, 0.1) is 23.7 Å². The van der Waals surface area contributed by atoms with Crippen molar-refractivity contribution in [2.75, 3.05) is 19.8 Å². The minimum atomic E-state index is -0.800. The summed E-state index contributed by atoms with van der Waals surface area (Å²) in [5.74, 6) is -0.261. The van der Waals surface area contributed by atoms with E-state index in [4.69, 9.17) is 4.74 Å². The SMILES string of the molecule is CCCCC1CCC(C(=O)NCC(C(=O)O)C2CCOCC2)CC1. The Bertz CT molecular complexity index is 398. The number of carboxylic acids is 1. The molecule has 0 spiro atoms. The average molecular weight is 339 g/mol. The molecule has 5 nitrogen and oxygen atoms in total. The molecule has 138 valence electrons. The lowest BCUT2D eigenvalue weighted by Gasteiger charge is -2.30. The Labute approximate surface area is 145 Å². The Kier molecular flexibility index (Phi) is 8.03. The number of carboxylic acid groups (broad SMARTS) is 1. The van der Waals surface area contributed by atoms with Crippen LogP contribution in [0.1, 0.15) is 64.7 Å². The van der Waals surface area contributed by atoms with Crippen LogP contribution >= 0.6 is 0 Å². The first-order valence-corrected chi connectivity index (χ1v) is 9.70. The van der Waals surface area contributed by atoms with Gasteiger partial charge < -0.3 is 15.2 Å². The highest BCUT2D eigenvalue weighted by Crippen LogP contribution is 2.32. The Morgan fingerprint density at radius 3 is 2.38 bits per heavy atom. The molecule has 2 aliphatic rings. The van der Waals surface area contributed by atoms with Crippen molar-refractivity contribution in [3.63, 3.8) is 0 Å². The van der Waals surface area contributed by atoms with Crippen LogP contribution in [-0.2, 0) is 14.3 Å². The van der Waals surface area contributed by atoms with E-state index in [1.807, 2.05) is 0 Å². The number of ether oxygens (including phenoxy) is 1. The van der Waals surface area contributed by atoms with Crippen LogP contribution in [0.5, 0.6) is 0 Å². The van der Waals surface area contributed by atoms with Gasteiger partial charge in [-0.2, -0.15) is 0 Å². The normalized spacial score (nSPS) is 26.7. The fraction of sp³-hybridized carbons (Fsp3) is 0.895. The summed E-state index contributed by atoms with van der Waals surface area (Å²) >= 11 is 0. The van der Waals surface area contributed by atoms with Crippen LogP contribution < -0.4 is 5.32 Å². The van der Waals surface area contributed by atoms with Gasteiger partial charge in [-0.05, 0) is 50.4 Å². The number of rotatable bonds is 8. The summed E-state index contributed by atoms with van der Waals surface area (Å²) in [6.45, 7) is 3.74. The summed E-state index contributed by atoms with van der Waals surface area (Å²) in [6, 6.07) is 0. The molecule has 1 unspecified atom stereocenters. The van der Waals surface area contributed by atoms with Gasteiger partial charge in [0.1, 0.15) is 0 Å². The van der Waals surface area contributed by atoms with Gasteiger partial charge in [-0.3, -0.25) is 9.59 Å². The number of aliphatic carboxylic acids is 1. The van der Waals surface area contributed by atoms with Crippen molar-refractivity contribution >= 4 is 11.9 Å². The quantitative estimate of drug-likeness (QED) is 0.712. The Balaban J connectivity index is 1.74. The molecule has 24 heavy (non-hydrogen) atoms. The lowest BCUT2D eigenvalue weighted by atomic mass is 9.79. The lowest BCUT2D eigenvalue weighted by Crippen LogP contribution is -2.41. The molecule has 1 atom stereocenters. The van der Waals surface area contributed by atoms with Gasteiger partial charge in [0.25, 0.3) is 0 Å². The third-order valence-corrected chi connectivity index (χ3v) is 5.83. The fourth-order valence-corrected chi connectivity index (χ4v) is 4.13. The van der Waals surface area contributed by atoms with Crippen LogP contribution in [-0.4, -0.2) is 36.7 Å². The highest BCUT2D eigenvalue weighted by molar-refractivity contribution is 5.79. The van der Waals surface area contributed by atoms with Crippen molar-refractivity contribution in [1.29, 1.82) is 0 Å². The van der Waals surface area contributed by atoms with Crippen molar-refractivity contribution in [3.05, 3.63) is 0 Å². The molecule has 0 radical (unpaired) electrons. The predicted molar refractivity (Wildman–Crippen MR) is 92.7 cm³/mol. The van der Waals surface area contributed by atoms with Crippen LogP contribution in [0.3, 0.4) is 0 Å². The molecule has 1 heterocycles. The summed E-state index contributed by atoms with van der Waals surface area (Å²) in [5.41, 5.74) is 0. The third-order valence-electron chi connectivity index (χ3n) is 5.83. The molecular weight excluding hydrogens is 306 g/mol. The summed E-state index contributed by atoms with van der Waals surface area (Å²) in [4.78, 5) is 23.9. The molecule has 0 aromatic rings. The maximum Gasteiger partial charge on any atom is 0.308 e. The zero-order valence-electron chi connectivity index (χ0n) is 15.0. The number of amides is 1. The lowest BCUT2D eigenvalue weighted by molar-refractivity contribution is -0.145. The summed E-state index contributed by atoms with van der Waals surface area (Å²) < 4.78 is 5.31. The average Bonchev–Trinajstić information content (AvgIpc) is 2.61. The van der Waals surface area contributed by atoms with E-state index in [0.717, 1.165) is 44.4 Å². The molecule has 1 saturated carbocycles. The molecule has 2 rings (SSSR count). The monoisotopic (exact) mass is 339 g/mol. The first-order chi connectivity index (χ1) is 11.6. The van der Waals surface area contributed by atoms with Gasteiger partial charge in [-0.25, -0.2) is 0 Å². The number of carbonyl (C=O) groups excluding carboxylic acids is 1. The fourth-order valence-electron chi connectivity index (χ4n) is 4.13. The van der Waals surface area contributed by atoms with Crippen LogP contribution in [0.15, 0.2) is 0 Å². The zero-order chi connectivity index (χ0) is 17.4. The number of hydrogen-bond acceptors (Lipinski definition) is 3. The van der Waals surface area contributed by atoms with E-state index < -0.39 is 11.9 Å². The van der Waals surface area contributed by atoms with Crippen LogP contribution in [0.2, 0.25) is 0 Å². The molecule has 2 N–H and O–H groups in total. The molecule has 1 aliphatic heterocycles. The molecular formula is C19H33NO4. The van der Waals surface area contributed by atoms with Gasteiger partial charge >= 0.3 is 5.97 Å². The standard InChI is InChI=1S/C19H33NO4/c1-2-3-4-14-5-7-16(8-6-14)18(21)20-13-17(19(22)23)15-9-11-24-12-10-15/h14-17H,2-13H2,1H3,(H,20,21)(H,22,23). The molecule has 1 amide bonds. The van der Waals surface area contributed by atoms with E-state index >= 15 is 0 Å². The number of hydrogen-bond donors (Lipinski definition) is 2. The maximum atomic E-state index is 12.4. The predicted octanol–water partition coefficient (Wildman–Crippen LogP) is 3.23. The Morgan fingerprint density at radius 1 is 1.12 bits per heavy atom. The summed E-state index contributed by atoms with van der Waals surface area (Å²) in [7, 11) is 0. The Morgan fingerprint density at radius 2 is 1.79 bits per heavy atom. The number of carbonyl (C=O) groups is 2. The van der Waals surface area contributed by atoms with Gasteiger partial charge in [0.2, 0.25) is 5.91 Å². The first kappa shape index (κ1) is 19.2. The second kappa shape index (κ2) is 10.0. The molecule has 2 fully saturated rings. The van der Waals surface area contributed by atoms with Crippen molar-refractivity contribution in [3.8, 4) is 0 Å². The van der Waals surface area contributed by atoms with Gasteiger partial charge in [-0.15, -0.1) is 0 Å². The van der Waals surface area contributed by atoms with Gasteiger partial charge in [0.05, 0.1) is 5.92 Å². The second-order valence-corrected chi connectivity index (χ2v) is 7.50. The summed E-state index contributed by atoms with van der Waals surface area (Å²) in [6.07, 6.45) is 9.54. The number of unbranched alkanes of at least 4 members (excludes halogenated alkanes) is 1. The van der Waals surface area contributed by atoms with Crippen molar-refractivity contribution < 1.29 is 19.4 Å². The number of nitrogens with one attached hydrogen (secondary N) is 1. The van der Waals surface area contributed by atoms with E-state index in [9.17, 15) is 14.7 Å². The van der Waals surface area contributed by atoms with Crippen molar-refractivity contribution in [2.45, 2.75) is 64.7 Å². The molecule has 1 aliphatic carbocycles. The second-order valence-electron chi connectivity index (χ2n) is 7.50. The van der Waals surface area contributed by atoms with E-state index in [1.165, 1.54) is 19.3 Å². The zero-order valence-corrected chi connectivity index (χ0v) is 15.0. The minimum absolute atomic E-state index is 0.0576. The van der Waals surface area contributed by atoms with Crippen molar-refractivity contribution in [1.82, 2.24) is 5.32 Å². The topological polar surface area (TPSA) is 75.6 Å². The molecule has 0 aromatic carbocycles. The van der Waals surface area contributed by atoms with Crippen molar-refractivity contribution in [2.24, 2.45) is 23.7 Å². The smallest absolute Gasteiger partial charge is 0.308 e. The summed E-state index contributed by atoms with van der Waals surface area (Å²) in [5, 5.41) is 12.4. The molecule has 1 saturated heterocycles. The van der Waals surface area contributed by atoms with E-state index in [0.29, 0.717) is 13.2 Å². The minimum Gasteiger partial charge on any atom is -0.481 e. The maximum absolute atomic E-state index is 12.4. The third kappa shape index (κ3) is 5.76. The Hall–Kier alpha value is -1.10. The molecule has 0 aromatic heterocycles. The van der Waals surface area contributed by atoms with Gasteiger partial charge in [-0.1, -0.05) is 26.2 Å². The van der Waals surface area contributed by atoms with E-state index in [1.54, 1.807) is 0 Å². The largest absolute Gasteiger partial charge is 0.481 e. The molecule has 0 bridgehead atoms. The van der Waals surface area contributed by atoms with E-state index in [-0.39, 0.29) is 24.3 Å². The highest BCUT2D eigenvalue weighted by atomic mass is 16.5. The van der Waals surface area contributed by atoms with Crippen LogP contribution in [0.25, 0.3) is 0 Å².